The molecule has 140 valence electrons. The van der Waals surface area contributed by atoms with Gasteiger partial charge in [-0.1, -0.05) is 24.3 Å². The molecule has 5 nitrogen and oxygen atoms in total. The minimum absolute atomic E-state index is 0.126. The minimum atomic E-state index is -0.169. The Kier molecular flexibility index (Phi) is 5.60. The third kappa shape index (κ3) is 4.37. The first-order valence-corrected chi connectivity index (χ1v) is 9.08. The first-order chi connectivity index (χ1) is 13.0. The summed E-state index contributed by atoms with van der Waals surface area (Å²) in [6, 6.07) is 13.3. The molecule has 0 bridgehead atoms. The summed E-state index contributed by atoms with van der Waals surface area (Å²) in [5, 5.41) is 3.79. The number of aryl methyl sites for hydroxylation is 2. The number of benzene rings is 2. The highest BCUT2D eigenvalue weighted by Crippen LogP contribution is 2.19. The van der Waals surface area contributed by atoms with E-state index in [1.54, 1.807) is 0 Å². The molecular weight excluding hydrogens is 340 g/mol. The van der Waals surface area contributed by atoms with Gasteiger partial charge >= 0.3 is 0 Å². The van der Waals surface area contributed by atoms with Crippen LogP contribution < -0.4 is 15.6 Å². The average Bonchev–Trinajstić information content (AvgIpc) is 2.65. The molecule has 0 radical (unpaired) electrons. The summed E-state index contributed by atoms with van der Waals surface area (Å²) in [6.07, 6.45) is 0.260. The Labute approximate surface area is 158 Å². The van der Waals surface area contributed by atoms with Gasteiger partial charge in [0.25, 0.3) is 5.56 Å². The van der Waals surface area contributed by atoms with Crippen LogP contribution in [0.4, 0.5) is 0 Å². The standard InChI is InChI=1S/C22H24N2O3/c1-4-27-19-9-6-16(7-10-19)11-20(25)23-13-18-12-17-8-5-14(2)15(3)21(17)24-22(18)26/h5-10,12H,4,11,13H2,1-3H3,(H,23,25)(H,24,26). The average molecular weight is 364 g/mol. The van der Waals surface area contributed by atoms with E-state index < -0.39 is 0 Å². The number of ether oxygens (including phenoxy) is 1. The molecule has 0 spiro atoms. The lowest BCUT2D eigenvalue weighted by molar-refractivity contribution is -0.120. The van der Waals surface area contributed by atoms with Crippen molar-refractivity contribution in [3.05, 3.63) is 75.1 Å². The largest absolute Gasteiger partial charge is 0.494 e. The molecule has 0 aliphatic carbocycles. The molecule has 0 unspecified atom stereocenters. The fourth-order valence-electron chi connectivity index (χ4n) is 3.01. The summed E-state index contributed by atoms with van der Waals surface area (Å²) in [5.41, 5.74) is 4.33. The summed E-state index contributed by atoms with van der Waals surface area (Å²) in [4.78, 5) is 27.5. The number of aromatic nitrogens is 1. The first kappa shape index (κ1) is 18.7. The molecule has 1 heterocycles. The summed E-state index contributed by atoms with van der Waals surface area (Å²) in [5.74, 6) is 0.661. The van der Waals surface area contributed by atoms with Crippen molar-refractivity contribution in [2.24, 2.45) is 0 Å². The maximum atomic E-state index is 12.3. The van der Waals surface area contributed by atoms with Crippen molar-refractivity contribution in [2.45, 2.75) is 33.7 Å². The first-order valence-electron chi connectivity index (χ1n) is 9.08. The zero-order chi connectivity index (χ0) is 19.4. The van der Waals surface area contributed by atoms with Gasteiger partial charge in [0.05, 0.1) is 18.5 Å². The molecule has 2 aromatic carbocycles. The van der Waals surface area contributed by atoms with Gasteiger partial charge in [-0.15, -0.1) is 0 Å². The third-order valence-corrected chi connectivity index (χ3v) is 4.70. The minimum Gasteiger partial charge on any atom is -0.494 e. The number of fused-ring (bicyclic) bond motifs is 1. The van der Waals surface area contributed by atoms with Crippen LogP contribution in [-0.4, -0.2) is 17.5 Å². The second-order valence-corrected chi connectivity index (χ2v) is 6.63. The van der Waals surface area contributed by atoms with Gasteiger partial charge in [0.2, 0.25) is 5.91 Å². The van der Waals surface area contributed by atoms with E-state index in [4.69, 9.17) is 4.74 Å². The Hall–Kier alpha value is -3.08. The number of H-pyrrole nitrogens is 1. The van der Waals surface area contributed by atoms with Gasteiger partial charge in [0.15, 0.2) is 0 Å². The molecule has 0 saturated carbocycles. The number of hydrogen-bond acceptors (Lipinski definition) is 3. The van der Waals surface area contributed by atoms with E-state index in [1.165, 1.54) is 0 Å². The Morgan fingerprint density at radius 2 is 1.85 bits per heavy atom. The Morgan fingerprint density at radius 1 is 1.11 bits per heavy atom. The van der Waals surface area contributed by atoms with E-state index in [9.17, 15) is 9.59 Å². The topological polar surface area (TPSA) is 71.2 Å². The van der Waals surface area contributed by atoms with Crippen LogP contribution in [0.1, 0.15) is 29.2 Å². The zero-order valence-corrected chi connectivity index (χ0v) is 15.9. The molecule has 1 amide bonds. The SMILES string of the molecule is CCOc1ccc(CC(=O)NCc2cc3ccc(C)c(C)c3[nH]c2=O)cc1. The normalized spacial score (nSPS) is 10.8. The lowest BCUT2D eigenvalue weighted by Crippen LogP contribution is -2.28. The maximum absolute atomic E-state index is 12.3. The molecule has 0 atom stereocenters. The van der Waals surface area contributed by atoms with Gasteiger partial charge in [0, 0.05) is 12.1 Å². The van der Waals surface area contributed by atoms with Gasteiger partial charge < -0.3 is 15.0 Å². The highest BCUT2D eigenvalue weighted by molar-refractivity contribution is 5.83. The Morgan fingerprint density at radius 3 is 2.56 bits per heavy atom. The van der Waals surface area contributed by atoms with Crippen molar-refractivity contribution in [1.82, 2.24) is 10.3 Å². The van der Waals surface area contributed by atoms with Crippen LogP contribution in [0.15, 0.2) is 47.3 Å². The molecule has 3 aromatic rings. The number of nitrogens with one attached hydrogen (secondary N) is 2. The maximum Gasteiger partial charge on any atom is 0.253 e. The van der Waals surface area contributed by atoms with Crippen LogP contribution in [0.25, 0.3) is 10.9 Å². The van der Waals surface area contributed by atoms with E-state index in [0.29, 0.717) is 12.2 Å². The smallest absolute Gasteiger partial charge is 0.253 e. The van der Waals surface area contributed by atoms with Crippen molar-refractivity contribution in [3.63, 3.8) is 0 Å². The van der Waals surface area contributed by atoms with Crippen LogP contribution in [0.5, 0.6) is 5.75 Å². The van der Waals surface area contributed by atoms with E-state index >= 15 is 0 Å². The third-order valence-electron chi connectivity index (χ3n) is 4.70. The second kappa shape index (κ2) is 8.08. The monoisotopic (exact) mass is 364 g/mol. The van der Waals surface area contributed by atoms with Crippen molar-refractivity contribution < 1.29 is 9.53 Å². The summed E-state index contributed by atoms with van der Waals surface area (Å²) in [7, 11) is 0. The fraction of sp³-hybridized carbons (Fsp3) is 0.273. The lowest BCUT2D eigenvalue weighted by atomic mass is 10.0. The van der Waals surface area contributed by atoms with Gasteiger partial charge in [-0.2, -0.15) is 0 Å². The fourth-order valence-corrected chi connectivity index (χ4v) is 3.01. The summed E-state index contributed by atoms with van der Waals surface area (Å²) < 4.78 is 5.40. The number of amides is 1. The number of carbonyl (C=O) groups excluding carboxylic acids is 1. The van der Waals surface area contributed by atoms with Crippen LogP contribution in [0.2, 0.25) is 0 Å². The van der Waals surface area contributed by atoms with Gasteiger partial charge in [0.1, 0.15) is 5.75 Å². The zero-order valence-electron chi connectivity index (χ0n) is 15.9. The molecule has 1 aromatic heterocycles. The van der Waals surface area contributed by atoms with E-state index in [2.05, 4.69) is 10.3 Å². The summed E-state index contributed by atoms with van der Waals surface area (Å²) in [6.45, 7) is 6.75. The highest BCUT2D eigenvalue weighted by atomic mass is 16.5. The number of carbonyl (C=O) groups is 1. The molecule has 3 rings (SSSR count). The predicted molar refractivity (Wildman–Crippen MR) is 107 cm³/mol. The van der Waals surface area contributed by atoms with Crippen molar-refractivity contribution >= 4 is 16.8 Å². The van der Waals surface area contributed by atoms with E-state index in [-0.39, 0.29) is 24.4 Å². The molecule has 2 N–H and O–H groups in total. The Bertz CT molecular complexity index is 1020. The van der Waals surface area contributed by atoms with Crippen molar-refractivity contribution in [2.75, 3.05) is 6.61 Å². The van der Waals surface area contributed by atoms with Crippen LogP contribution in [-0.2, 0) is 17.8 Å². The van der Waals surface area contributed by atoms with Crippen LogP contribution in [0.3, 0.4) is 0 Å². The van der Waals surface area contributed by atoms with Crippen LogP contribution in [0, 0.1) is 13.8 Å². The Balaban J connectivity index is 1.67. The predicted octanol–water partition coefficient (Wildman–Crippen LogP) is 3.40. The van der Waals surface area contributed by atoms with Crippen molar-refractivity contribution in [1.29, 1.82) is 0 Å². The number of aromatic amines is 1. The lowest BCUT2D eigenvalue weighted by Gasteiger charge is -2.09. The molecular formula is C22H24N2O3. The molecule has 0 aliphatic rings. The quantitative estimate of drug-likeness (QED) is 0.704. The molecule has 0 saturated heterocycles. The van der Waals surface area contributed by atoms with E-state index in [0.717, 1.165) is 33.3 Å². The molecule has 27 heavy (non-hydrogen) atoms. The van der Waals surface area contributed by atoms with E-state index in [1.807, 2.05) is 63.2 Å². The van der Waals surface area contributed by atoms with Gasteiger partial charge in [-0.25, -0.2) is 0 Å². The molecule has 5 heteroatoms. The number of hydrogen-bond donors (Lipinski definition) is 2. The number of rotatable bonds is 6. The summed E-state index contributed by atoms with van der Waals surface area (Å²) >= 11 is 0. The second-order valence-electron chi connectivity index (χ2n) is 6.63. The molecule has 0 fully saturated rings. The highest BCUT2D eigenvalue weighted by Gasteiger charge is 2.09. The van der Waals surface area contributed by atoms with Gasteiger partial charge in [-0.3, -0.25) is 9.59 Å². The van der Waals surface area contributed by atoms with Crippen molar-refractivity contribution in [3.8, 4) is 5.75 Å². The molecule has 0 aliphatic heterocycles. The number of pyridine rings is 1. The van der Waals surface area contributed by atoms with Crippen LogP contribution >= 0.6 is 0 Å². The van der Waals surface area contributed by atoms with Gasteiger partial charge in [-0.05, 0) is 61.0 Å².